The van der Waals surface area contributed by atoms with Crippen molar-refractivity contribution in [3.8, 4) is 5.75 Å². The van der Waals surface area contributed by atoms with Crippen molar-refractivity contribution in [3.63, 3.8) is 0 Å². The normalized spacial score (nSPS) is 32.3. The molecule has 0 N–H and O–H groups in total. The van der Waals surface area contributed by atoms with Gasteiger partial charge in [0, 0.05) is 38.0 Å². The Labute approximate surface area is 161 Å². The van der Waals surface area contributed by atoms with Crippen LogP contribution < -0.4 is 4.74 Å². The standard InChI is InChI=1S/C22H30N2O3/c1-15-12-19(15)21(26)23(3)18-8-10-22(11-9-18)14-24(16(2)25)13-17-6-4-5-7-20(17)27-22/h4-7,15,18-19H,8-14H2,1-3H3/t15-,18?,19+,22?/m1/s1. The molecular formula is C22H30N2O3. The fraction of sp³-hybridized carbons (Fsp3) is 0.636. The number of nitrogens with zero attached hydrogens (tertiary/aromatic N) is 2. The Hall–Kier alpha value is -2.04. The summed E-state index contributed by atoms with van der Waals surface area (Å²) in [7, 11) is 1.96. The van der Waals surface area contributed by atoms with Crippen LogP contribution in [-0.4, -0.2) is 46.8 Å². The van der Waals surface area contributed by atoms with E-state index in [-0.39, 0.29) is 23.5 Å². The maximum Gasteiger partial charge on any atom is 0.225 e. The van der Waals surface area contributed by atoms with Gasteiger partial charge in [-0.1, -0.05) is 25.1 Å². The summed E-state index contributed by atoms with van der Waals surface area (Å²) in [6.07, 6.45) is 4.63. The molecule has 0 aromatic heterocycles. The third-order valence-electron chi connectivity index (χ3n) is 6.77. The number of fused-ring (bicyclic) bond motifs is 1. The highest BCUT2D eigenvalue weighted by atomic mass is 16.5. The molecule has 2 atom stereocenters. The summed E-state index contributed by atoms with van der Waals surface area (Å²) in [5.74, 6) is 2.07. The quantitative estimate of drug-likeness (QED) is 0.803. The number of carbonyl (C=O) groups excluding carboxylic acids is 2. The van der Waals surface area contributed by atoms with Gasteiger partial charge < -0.3 is 14.5 Å². The van der Waals surface area contributed by atoms with E-state index in [0.29, 0.717) is 24.9 Å². The number of ether oxygens (including phenoxy) is 1. The molecule has 1 aliphatic heterocycles. The van der Waals surface area contributed by atoms with Crippen molar-refractivity contribution in [2.75, 3.05) is 13.6 Å². The number of benzene rings is 1. The molecule has 3 aliphatic rings. The van der Waals surface area contributed by atoms with E-state index in [1.165, 1.54) is 0 Å². The summed E-state index contributed by atoms with van der Waals surface area (Å²) < 4.78 is 6.53. The Balaban J connectivity index is 1.49. The minimum absolute atomic E-state index is 0.0896. The van der Waals surface area contributed by atoms with Crippen molar-refractivity contribution in [1.29, 1.82) is 0 Å². The SMILES string of the molecule is CC(=O)N1Cc2ccccc2OC2(CCC(N(C)C(=O)[C@H]3C[C@H]3C)CC2)C1. The molecule has 0 unspecified atom stereocenters. The van der Waals surface area contributed by atoms with Gasteiger partial charge in [0.05, 0.1) is 6.54 Å². The second kappa shape index (κ2) is 6.84. The lowest BCUT2D eigenvalue weighted by Crippen LogP contribution is -2.52. The van der Waals surface area contributed by atoms with E-state index < -0.39 is 0 Å². The minimum atomic E-state index is -0.342. The topological polar surface area (TPSA) is 49.9 Å². The molecule has 2 saturated carbocycles. The first-order valence-corrected chi connectivity index (χ1v) is 10.2. The van der Waals surface area contributed by atoms with E-state index in [0.717, 1.165) is 43.4 Å². The lowest BCUT2D eigenvalue weighted by Gasteiger charge is -2.43. The number of hydrogen-bond donors (Lipinski definition) is 0. The molecular weight excluding hydrogens is 340 g/mol. The number of hydrogen-bond acceptors (Lipinski definition) is 3. The molecule has 1 aromatic carbocycles. The van der Waals surface area contributed by atoms with E-state index in [2.05, 4.69) is 6.92 Å². The highest BCUT2D eigenvalue weighted by molar-refractivity contribution is 5.81. The third kappa shape index (κ3) is 3.56. The Morgan fingerprint density at radius 1 is 1.22 bits per heavy atom. The van der Waals surface area contributed by atoms with E-state index >= 15 is 0 Å². The average Bonchev–Trinajstić information content (AvgIpc) is 3.41. The van der Waals surface area contributed by atoms with Crippen LogP contribution in [0.15, 0.2) is 24.3 Å². The lowest BCUT2D eigenvalue weighted by atomic mass is 9.81. The smallest absolute Gasteiger partial charge is 0.225 e. The summed E-state index contributed by atoms with van der Waals surface area (Å²) in [6.45, 7) is 5.02. The van der Waals surface area contributed by atoms with Crippen LogP contribution in [0.2, 0.25) is 0 Å². The molecule has 2 amide bonds. The predicted molar refractivity (Wildman–Crippen MR) is 103 cm³/mol. The van der Waals surface area contributed by atoms with Gasteiger partial charge in [-0.3, -0.25) is 9.59 Å². The molecule has 146 valence electrons. The molecule has 1 spiro atoms. The molecule has 0 bridgehead atoms. The highest BCUT2D eigenvalue weighted by Gasteiger charge is 2.46. The Morgan fingerprint density at radius 2 is 1.89 bits per heavy atom. The van der Waals surface area contributed by atoms with Gasteiger partial charge in [0.1, 0.15) is 11.4 Å². The third-order valence-corrected chi connectivity index (χ3v) is 6.77. The van der Waals surface area contributed by atoms with Gasteiger partial charge in [0.25, 0.3) is 0 Å². The summed E-state index contributed by atoms with van der Waals surface area (Å²) in [5, 5.41) is 0. The average molecular weight is 370 g/mol. The van der Waals surface area contributed by atoms with Crippen molar-refractivity contribution in [2.24, 2.45) is 11.8 Å². The van der Waals surface area contributed by atoms with Crippen LogP contribution in [0.5, 0.6) is 5.75 Å². The number of carbonyl (C=O) groups is 2. The van der Waals surface area contributed by atoms with Crippen LogP contribution in [0.1, 0.15) is 51.5 Å². The van der Waals surface area contributed by atoms with Crippen molar-refractivity contribution in [3.05, 3.63) is 29.8 Å². The summed E-state index contributed by atoms with van der Waals surface area (Å²) >= 11 is 0. The van der Waals surface area contributed by atoms with Gasteiger partial charge in [-0.05, 0) is 44.1 Å². The first kappa shape index (κ1) is 18.3. The first-order chi connectivity index (χ1) is 12.9. The number of rotatable bonds is 2. The van der Waals surface area contributed by atoms with Gasteiger partial charge in [-0.2, -0.15) is 0 Å². The molecule has 4 rings (SSSR count). The summed E-state index contributed by atoms with van der Waals surface area (Å²) in [5.41, 5.74) is 0.729. The van der Waals surface area contributed by atoms with Crippen molar-refractivity contribution >= 4 is 11.8 Å². The van der Waals surface area contributed by atoms with E-state index in [1.54, 1.807) is 6.92 Å². The Morgan fingerprint density at radius 3 is 2.52 bits per heavy atom. The Bertz CT molecular complexity index is 739. The molecule has 1 heterocycles. The van der Waals surface area contributed by atoms with Crippen LogP contribution in [0, 0.1) is 11.8 Å². The van der Waals surface area contributed by atoms with Gasteiger partial charge in [-0.15, -0.1) is 0 Å². The van der Waals surface area contributed by atoms with Crippen molar-refractivity contribution in [1.82, 2.24) is 9.80 Å². The summed E-state index contributed by atoms with van der Waals surface area (Å²) in [6, 6.07) is 8.32. The molecule has 27 heavy (non-hydrogen) atoms. The van der Waals surface area contributed by atoms with Gasteiger partial charge in [-0.25, -0.2) is 0 Å². The van der Waals surface area contributed by atoms with Crippen LogP contribution in [0.25, 0.3) is 0 Å². The first-order valence-electron chi connectivity index (χ1n) is 10.2. The molecule has 5 heteroatoms. The number of para-hydroxylation sites is 1. The second-order valence-electron chi connectivity index (χ2n) is 8.77. The highest BCUT2D eigenvalue weighted by Crippen LogP contribution is 2.42. The monoisotopic (exact) mass is 370 g/mol. The maximum absolute atomic E-state index is 12.6. The van der Waals surface area contributed by atoms with Crippen LogP contribution in [-0.2, 0) is 16.1 Å². The molecule has 0 saturated heterocycles. The van der Waals surface area contributed by atoms with Crippen molar-refractivity contribution < 1.29 is 14.3 Å². The predicted octanol–water partition coefficient (Wildman–Crippen LogP) is 3.22. The van der Waals surface area contributed by atoms with Crippen LogP contribution >= 0.6 is 0 Å². The largest absolute Gasteiger partial charge is 0.485 e. The second-order valence-corrected chi connectivity index (χ2v) is 8.77. The fourth-order valence-corrected chi connectivity index (χ4v) is 4.72. The van der Waals surface area contributed by atoms with Crippen molar-refractivity contribution in [2.45, 2.75) is 64.1 Å². The van der Waals surface area contributed by atoms with E-state index in [4.69, 9.17) is 4.74 Å². The Kier molecular flexibility index (Phi) is 4.65. The number of amides is 2. The lowest BCUT2D eigenvalue weighted by molar-refractivity contribution is -0.136. The molecule has 2 aliphatic carbocycles. The zero-order valence-electron chi connectivity index (χ0n) is 16.6. The minimum Gasteiger partial charge on any atom is -0.485 e. The van der Waals surface area contributed by atoms with E-state index in [1.807, 2.05) is 41.1 Å². The maximum atomic E-state index is 12.6. The molecule has 0 radical (unpaired) electrons. The fourth-order valence-electron chi connectivity index (χ4n) is 4.72. The van der Waals surface area contributed by atoms with Gasteiger partial charge in [0.15, 0.2) is 0 Å². The molecule has 2 fully saturated rings. The van der Waals surface area contributed by atoms with Crippen LogP contribution in [0.4, 0.5) is 0 Å². The molecule has 1 aromatic rings. The zero-order valence-corrected chi connectivity index (χ0v) is 16.6. The van der Waals surface area contributed by atoms with Crippen LogP contribution in [0.3, 0.4) is 0 Å². The zero-order chi connectivity index (χ0) is 19.2. The summed E-state index contributed by atoms with van der Waals surface area (Å²) in [4.78, 5) is 28.7. The van der Waals surface area contributed by atoms with Gasteiger partial charge in [0.2, 0.25) is 11.8 Å². The van der Waals surface area contributed by atoms with E-state index in [9.17, 15) is 9.59 Å². The van der Waals surface area contributed by atoms with Gasteiger partial charge >= 0.3 is 0 Å². The molecule has 5 nitrogen and oxygen atoms in total.